The predicted octanol–water partition coefficient (Wildman–Crippen LogP) is 2.94. The summed E-state index contributed by atoms with van der Waals surface area (Å²) >= 11 is 0. The average Bonchev–Trinajstić information content (AvgIpc) is 3.28. The fraction of sp³-hybridized carbons (Fsp3) is 0.188. The van der Waals surface area contributed by atoms with Crippen molar-refractivity contribution in [2.45, 2.75) is 17.3 Å². The van der Waals surface area contributed by atoms with Crippen LogP contribution in [0.4, 0.5) is 13.2 Å². The molecule has 0 fully saturated rings. The predicted molar refractivity (Wildman–Crippen MR) is 87.4 cm³/mol. The van der Waals surface area contributed by atoms with E-state index in [-0.39, 0.29) is 6.54 Å². The van der Waals surface area contributed by atoms with Crippen molar-refractivity contribution in [3.8, 4) is 5.75 Å². The van der Waals surface area contributed by atoms with Crippen molar-refractivity contribution in [1.82, 2.24) is 14.5 Å². The first-order valence-electron chi connectivity index (χ1n) is 7.63. The third-order valence-corrected chi connectivity index (χ3v) is 5.01. The number of hydrogen-bond donors (Lipinski definition) is 1. The Labute approximate surface area is 152 Å². The van der Waals surface area contributed by atoms with E-state index in [2.05, 4.69) is 14.6 Å². The fourth-order valence-corrected chi connectivity index (χ4v) is 3.58. The zero-order valence-corrected chi connectivity index (χ0v) is 14.4. The lowest BCUT2D eigenvalue weighted by atomic mass is 10.2. The van der Waals surface area contributed by atoms with E-state index in [0.29, 0.717) is 5.76 Å². The molecular formula is C16H14F3N3O4S. The molecule has 1 aromatic carbocycles. The fourth-order valence-electron chi connectivity index (χ4n) is 2.42. The van der Waals surface area contributed by atoms with E-state index in [1.807, 2.05) is 0 Å². The molecule has 144 valence electrons. The number of benzene rings is 1. The van der Waals surface area contributed by atoms with Crippen LogP contribution in [0.25, 0.3) is 0 Å². The lowest BCUT2D eigenvalue weighted by Crippen LogP contribution is -2.32. The van der Waals surface area contributed by atoms with Crippen LogP contribution in [0.1, 0.15) is 11.8 Å². The molecule has 3 aromatic rings. The number of alkyl halides is 3. The second-order valence-corrected chi connectivity index (χ2v) is 7.10. The van der Waals surface area contributed by atoms with Gasteiger partial charge in [0.15, 0.2) is 0 Å². The first kappa shape index (κ1) is 19.0. The Morgan fingerprint density at radius 3 is 2.59 bits per heavy atom. The molecule has 11 heteroatoms. The molecule has 0 amide bonds. The van der Waals surface area contributed by atoms with E-state index in [4.69, 9.17) is 4.42 Å². The third-order valence-electron chi connectivity index (χ3n) is 3.55. The van der Waals surface area contributed by atoms with Crippen LogP contribution < -0.4 is 9.46 Å². The molecule has 2 heterocycles. The van der Waals surface area contributed by atoms with Crippen molar-refractivity contribution < 1.29 is 30.7 Å². The zero-order valence-electron chi connectivity index (χ0n) is 13.6. The van der Waals surface area contributed by atoms with Gasteiger partial charge in [-0.1, -0.05) is 12.1 Å². The van der Waals surface area contributed by atoms with E-state index in [9.17, 15) is 21.6 Å². The Balaban J connectivity index is 1.84. The highest BCUT2D eigenvalue weighted by atomic mass is 32.2. The summed E-state index contributed by atoms with van der Waals surface area (Å²) in [6.45, 7) is -0.197. The molecule has 2 aromatic heterocycles. The standard InChI is InChI=1S/C16H14F3N3O4S/c17-16(18,19)26-14-5-1-2-7-15(14)27(23,24)21-11-12(13-6-3-10-25-13)22-9-4-8-20-22/h1-10,12,21H,11H2. The SMILES string of the molecule is O=S(=O)(NCC(c1ccco1)n1cccn1)c1ccccc1OC(F)(F)F. The summed E-state index contributed by atoms with van der Waals surface area (Å²) in [6, 6.07) is 8.80. The van der Waals surface area contributed by atoms with Gasteiger partial charge in [0.1, 0.15) is 22.4 Å². The van der Waals surface area contributed by atoms with Gasteiger partial charge in [0.05, 0.1) is 6.26 Å². The highest BCUT2D eigenvalue weighted by molar-refractivity contribution is 7.89. The minimum atomic E-state index is -5.02. The minimum absolute atomic E-state index is 0.197. The quantitative estimate of drug-likeness (QED) is 0.658. The summed E-state index contributed by atoms with van der Waals surface area (Å²) in [6.07, 6.45) is -0.469. The number of para-hydroxylation sites is 1. The van der Waals surface area contributed by atoms with Crippen LogP contribution in [-0.4, -0.2) is 31.1 Å². The number of furan rings is 1. The molecule has 0 aliphatic heterocycles. The number of nitrogens with zero attached hydrogens (tertiary/aromatic N) is 2. The van der Waals surface area contributed by atoms with Gasteiger partial charge in [0.25, 0.3) is 0 Å². The van der Waals surface area contributed by atoms with E-state index in [1.54, 1.807) is 24.4 Å². The highest BCUT2D eigenvalue weighted by Crippen LogP contribution is 2.29. The van der Waals surface area contributed by atoms with Crippen molar-refractivity contribution in [2.24, 2.45) is 0 Å². The summed E-state index contributed by atoms with van der Waals surface area (Å²) in [5.74, 6) is -0.382. The molecule has 3 rings (SSSR count). The highest BCUT2D eigenvalue weighted by Gasteiger charge is 2.34. The lowest BCUT2D eigenvalue weighted by Gasteiger charge is -2.18. The first-order valence-corrected chi connectivity index (χ1v) is 9.11. The maximum absolute atomic E-state index is 12.6. The molecule has 0 bridgehead atoms. The van der Waals surface area contributed by atoms with Crippen LogP contribution >= 0.6 is 0 Å². The zero-order chi connectivity index (χ0) is 19.5. The molecule has 27 heavy (non-hydrogen) atoms. The topological polar surface area (TPSA) is 86.4 Å². The number of sulfonamides is 1. The summed E-state index contributed by atoms with van der Waals surface area (Å²) in [4.78, 5) is -0.624. The summed E-state index contributed by atoms with van der Waals surface area (Å²) in [5.41, 5.74) is 0. The van der Waals surface area contributed by atoms with Gasteiger partial charge in [-0.25, -0.2) is 13.1 Å². The molecule has 0 saturated carbocycles. The normalized spacial score (nSPS) is 13.4. The van der Waals surface area contributed by atoms with Gasteiger partial charge >= 0.3 is 6.36 Å². The molecule has 0 aliphatic rings. The Hall–Kier alpha value is -2.79. The second kappa shape index (κ2) is 7.45. The van der Waals surface area contributed by atoms with Gasteiger partial charge < -0.3 is 9.15 Å². The average molecular weight is 401 g/mol. The van der Waals surface area contributed by atoms with Crippen molar-refractivity contribution in [1.29, 1.82) is 0 Å². The molecule has 0 spiro atoms. The van der Waals surface area contributed by atoms with Crippen molar-refractivity contribution in [3.63, 3.8) is 0 Å². The van der Waals surface area contributed by atoms with E-state index >= 15 is 0 Å². The van der Waals surface area contributed by atoms with Gasteiger partial charge in [-0.2, -0.15) is 5.10 Å². The monoisotopic (exact) mass is 401 g/mol. The Bertz CT molecular complexity index is 937. The molecule has 1 atom stereocenters. The number of rotatable bonds is 7. The number of nitrogens with one attached hydrogen (secondary N) is 1. The molecule has 0 radical (unpaired) electrons. The van der Waals surface area contributed by atoms with Crippen molar-refractivity contribution >= 4 is 10.0 Å². The lowest BCUT2D eigenvalue weighted by molar-refractivity contribution is -0.275. The van der Waals surface area contributed by atoms with E-state index in [1.165, 1.54) is 29.3 Å². The summed E-state index contributed by atoms with van der Waals surface area (Å²) in [7, 11) is -4.30. The number of hydrogen-bond acceptors (Lipinski definition) is 5. The van der Waals surface area contributed by atoms with Crippen molar-refractivity contribution in [3.05, 3.63) is 66.9 Å². The van der Waals surface area contributed by atoms with Gasteiger partial charge in [-0.3, -0.25) is 4.68 Å². The Morgan fingerprint density at radius 2 is 1.96 bits per heavy atom. The molecule has 0 saturated heterocycles. The van der Waals surface area contributed by atoms with E-state index < -0.39 is 33.1 Å². The third kappa shape index (κ3) is 4.68. The molecule has 7 nitrogen and oxygen atoms in total. The molecule has 1 N–H and O–H groups in total. The summed E-state index contributed by atoms with van der Waals surface area (Å²) in [5, 5.41) is 4.06. The largest absolute Gasteiger partial charge is 0.573 e. The van der Waals surface area contributed by atoms with Crippen molar-refractivity contribution in [2.75, 3.05) is 6.54 Å². The Morgan fingerprint density at radius 1 is 1.19 bits per heavy atom. The second-order valence-electron chi connectivity index (χ2n) is 5.36. The first-order chi connectivity index (χ1) is 12.8. The van der Waals surface area contributed by atoms with Crippen LogP contribution in [0.2, 0.25) is 0 Å². The van der Waals surface area contributed by atoms with Gasteiger partial charge in [0.2, 0.25) is 10.0 Å². The molecule has 1 unspecified atom stereocenters. The Kier molecular flexibility index (Phi) is 5.24. The minimum Gasteiger partial charge on any atom is -0.467 e. The van der Waals surface area contributed by atoms with Gasteiger partial charge in [-0.15, -0.1) is 13.2 Å². The summed E-state index contributed by atoms with van der Waals surface area (Å²) < 4.78 is 75.6. The van der Waals surface area contributed by atoms with Crippen LogP contribution in [0, 0.1) is 0 Å². The molecular weight excluding hydrogens is 387 g/mol. The van der Waals surface area contributed by atoms with Crippen LogP contribution in [0.15, 0.2) is 70.4 Å². The smallest absolute Gasteiger partial charge is 0.467 e. The van der Waals surface area contributed by atoms with E-state index in [0.717, 1.165) is 12.1 Å². The van der Waals surface area contributed by atoms with Gasteiger partial charge in [-0.05, 0) is 30.3 Å². The number of aromatic nitrogens is 2. The maximum Gasteiger partial charge on any atom is 0.573 e. The van der Waals surface area contributed by atoms with Crippen LogP contribution in [-0.2, 0) is 10.0 Å². The number of ether oxygens (including phenoxy) is 1. The number of halogens is 3. The van der Waals surface area contributed by atoms with Crippen LogP contribution in [0.3, 0.4) is 0 Å². The maximum atomic E-state index is 12.6. The molecule has 0 aliphatic carbocycles. The van der Waals surface area contributed by atoms with Gasteiger partial charge in [0, 0.05) is 18.9 Å². The van der Waals surface area contributed by atoms with Crippen LogP contribution in [0.5, 0.6) is 5.75 Å².